The Bertz CT molecular complexity index is 261. The number of aldehydes is 1. The van der Waals surface area contributed by atoms with Crippen molar-refractivity contribution in [3.63, 3.8) is 0 Å². The van der Waals surface area contributed by atoms with Crippen LogP contribution in [0, 0.1) is 0 Å². The van der Waals surface area contributed by atoms with Crippen LogP contribution in [0.1, 0.15) is 5.56 Å². The summed E-state index contributed by atoms with van der Waals surface area (Å²) in [6, 6.07) is 8.70. The molecule has 0 radical (unpaired) electrons. The van der Waals surface area contributed by atoms with E-state index in [4.69, 9.17) is 0 Å². The molecule has 0 heterocycles. The second kappa shape index (κ2) is 4.72. The lowest BCUT2D eigenvalue weighted by atomic mass is 10.1. The first-order valence-electron chi connectivity index (χ1n) is 4.12. The van der Waals surface area contributed by atoms with Crippen molar-refractivity contribution in [3.05, 3.63) is 35.9 Å². The first kappa shape index (κ1) is 9.86. The Morgan fingerprint density at radius 2 is 2.08 bits per heavy atom. The summed E-state index contributed by atoms with van der Waals surface area (Å²) in [4.78, 5) is 10.5. The van der Waals surface area contributed by atoms with Gasteiger partial charge in [0, 0.05) is 7.05 Å². The summed E-state index contributed by atoms with van der Waals surface area (Å²) in [5, 5.41) is 0.431. The summed E-state index contributed by atoms with van der Waals surface area (Å²) in [5.74, 6) is 0. The van der Waals surface area contributed by atoms with Crippen LogP contribution in [0.4, 0.5) is 4.48 Å². The maximum absolute atomic E-state index is 12.7. The second-order valence-corrected chi connectivity index (χ2v) is 2.92. The van der Waals surface area contributed by atoms with Gasteiger partial charge in [-0.2, -0.15) is 0 Å². The highest BCUT2D eigenvalue weighted by Crippen LogP contribution is 2.05. The molecule has 0 aliphatic heterocycles. The van der Waals surface area contributed by atoms with Gasteiger partial charge in [-0.1, -0.05) is 30.3 Å². The lowest BCUT2D eigenvalue weighted by Gasteiger charge is -2.13. The summed E-state index contributed by atoms with van der Waals surface area (Å²) in [7, 11) is 1.25. The Balaban J connectivity index is 2.62. The number of hydrogen-bond donors (Lipinski definition) is 0. The predicted octanol–water partition coefficient (Wildman–Crippen LogP) is 1.61. The zero-order valence-corrected chi connectivity index (χ0v) is 7.48. The minimum Gasteiger partial charge on any atom is -0.302 e. The molecule has 0 aromatic heterocycles. The van der Waals surface area contributed by atoms with Gasteiger partial charge in [-0.05, 0) is 12.0 Å². The Labute approximate surface area is 76.9 Å². The van der Waals surface area contributed by atoms with E-state index in [2.05, 4.69) is 0 Å². The molecule has 70 valence electrons. The molecule has 0 aliphatic carbocycles. The Morgan fingerprint density at radius 1 is 1.46 bits per heavy atom. The second-order valence-electron chi connectivity index (χ2n) is 2.92. The van der Waals surface area contributed by atoms with Gasteiger partial charge in [-0.3, -0.25) is 0 Å². The summed E-state index contributed by atoms with van der Waals surface area (Å²) < 4.78 is 12.7. The molecule has 1 aromatic rings. The van der Waals surface area contributed by atoms with Crippen molar-refractivity contribution < 1.29 is 9.28 Å². The van der Waals surface area contributed by atoms with Crippen LogP contribution in [-0.2, 0) is 11.2 Å². The molecule has 1 rings (SSSR count). The molecule has 0 amide bonds. The van der Waals surface area contributed by atoms with Gasteiger partial charge in [-0.15, -0.1) is 9.60 Å². The number of hydrogen-bond acceptors (Lipinski definition) is 2. The van der Waals surface area contributed by atoms with Crippen LogP contribution < -0.4 is 0 Å². The molecular formula is C10H12FNO. The van der Waals surface area contributed by atoms with Crippen LogP contribution in [0.3, 0.4) is 0 Å². The van der Waals surface area contributed by atoms with E-state index in [9.17, 15) is 9.28 Å². The van der Waals surface area contributed by atoms with Crippen molar-refractivity contribution >= 4 is 6.29 Å². The van der Waals surface area contributed by atoms with Crippen LogP contribution in [0.5, 0.6) is 0 Å². The molecule has 1 aromatic carbocycles. The number of benzene rings is 1. The first-order chi connectivity index (χ1) is 6.24. The highest BCUT2D eigenvalue weighted by atomic mass is 19.2. The normalized spacial score (nSPS) is 12.8. The van der Waals surface area contributed by atoms with Gasteiger partial charge in [0.1, 0.15) is 6.29 Å². The van der Waals surface area contributed by atoms with E-state index in [0.717, 1.165) is 5.56 Å². The fourth-order valence-electron chi connectivity index (χ4n) is 1.11. The minimum absolute atomic E-state index is 0.414. The van der Waals surface area contributed by atoms with Gasteiger partial charge >= 0.3 is 0 Å². The number of rotatable bonds is 4. The van der Waals surface area contributed by atoms with Crippen LogP contribution >= 0.6 is 0 Å². The summed E-state index contributed by atoms with van der Waals surface area (Å²) >= 11 is 0. The van der Waals surface area contributed by atoms with Crippen molar-refractivity contribution in [2.45, 2.75) is 12.5 Å². The van der Waals surface area contributed by atoms with Crippen LogP contribution in [0.25, 0.3) is 0 Å². The third-order valence-electron chi connectivity index (χ3n) is 1.90. The fourth-order valence-corrected chi connectivity index (χ4v) is 1.11. The van der Waals surface area contributed by atoms with E-state index in [-0.39, 0.29) is 0 Å². The van der Waals surface area contributed by atoms with Crippen molar-refractivity contribution in [2.75, 3.05) is 7.05 Å². The zero-order valence-electron chi connectivity index (χ0n) is 7.48. The molecule has 0 unspecified atom stereocenters. The van der Waals surface area contributed by atoms with E-state index >= 15 is 0 Å². The van der Waals surface area contributed by atoms with Gasteiger partial charge in [0.05, 0.1) is 6.04 Å². The van der Waals surface area contributed by atoms with E-state index in [1.807, 2.05) is 30.3 Å². The topological polar surface area (TPSA) is 20.3 Å². The predicted molar refractivity (Wildman–Crippen MR) is 48.9 cm³/mol. The van der Waals surface area contributed by atoms with Gasteiger partial charge in [0.25, 0.3) is 0 Å². The monoisotopic (exact) mass is 181 g/mol. The highest BCUT2D eigenvalue weighted by molar-refractivity contribution is 5.58. The Kier molecular flexibility index (Phi) is 3.58. The van der Waals surface area contributed by atoms with Gasteiger partial charge in [-0.25, -0.2) is 0 Å². The third-order valence-corrected chi connectivity index (χ3v) is 1.90. The largest absolute Gasteiger partial charge is 0.302 e. The molecule has 2 nitrogen and oxygen atoms in total. The zero-order chi connectivity index (χ0) is 9.68. The van der Waals surface area contributed by atoms with E-state index < -0.39 is 6.04 Å². The molecule has 13 heavy (non-hydrogen) atoms. The van der Waals surface area contributed by atoms with Gasteiger partial charge in [0.15, 0.2) is 0 Å². The summed E-state index contributed by atoms with van der Waals surface area (Å²) in [6.07, 6.45) is 1.03. The lowest BCUT2D eigenvalue weighted by molar-refractivity contribution is -0.117. The minimum atomic E-state index is -0.678. The highest BCUT2D eigenvalue weighted by Gasteiger charge is 2.13. The molecule has 0 N–H and O–H groups in total. The maximum Gasteiger partial charge on any atom is 0.140 e. The smallest absolute Gasteiger partial charge is 0.140 e. The molecule has 0 fully saturated rings. The lowest BCUT2D eigenvalue weighted by Crippen LogP contribution is -2.28. The van der Waals surface area contributed by atoms with Gasteiger partial charge in [0.2, 0.25) is 0 Å². The number of nitrogens with zero attached hydrogens (tertiary/aromatic N) is 1. The van der Waals surface area contributed by atoms with E-state index in [1.165, 1.54) is 7.05 Å². The molecule has 0 saturated heterocycles. The van der Waals surface area contributed by atoms with Crippen molar-refractivity contribution in [2.24, 2.45) is 0 Å². The van der Waals surface area contributed by atoms with Crippen molar-refractivity contribution in [3.8, 4) is 0 Å². The van der Waals surface area contributed by atoms with E-state index in [1.54, 1.807) is 0 Å². The molecule has 0 spiro atoms. The Morgan fingerprint density at radius 3 is 2.54 bits per heavy atom. The molecule has 0 aliphatic rings. The molecule has 1 atom stereocenters. The molecule has 0 saturated carbocycles. The van der Waals surface area contributed by atoms with Crippen molar-refractivity contribution in [1.29, 1.82) is 0 Å². The quantitative estimate of drug-likeness (QED) is 0.519. The van der Waals surface area contributed by atoms with E-state index in [0.29, 0.717) is 17.8 Å². The average molecular weight is 181 g/mol. The fraction of sp³-hybridized carbons (Fsp3) is 0.300. The average Bonchev–Trinajstić information content (AvgIpc) is 2.15. The van der Waals surface area contributed by atoms with Crippen LogP contribution in [0.15, 0.2) is 30.3 Å². The molecule has 3 heteroatoms. The van der Waals surface area contributed by atoms with Gasteiger partial charge < -0.3 is 4.79 Å². The number of carbonyl (C=O) groups excluding carboxylic acids is 1. The summed E-state index contributed by atoms with van der Waals surface area (Å²) in [5.41, 5.74) is 0.962. The van der Waals surface area contributed by atoms with Crippen molar-refractivity contribution in [1.82, 2.24) is 5.12 Å². The molecular weight excluding hydrogens is 169 g/mol. The standard InChI is InChI=1S/C10H12FNO/c1-12(11)10(8-13)7-9-5-3-2-4-6-9/h2-6,8,10H,7H2,1H3/t10-/m0/s1. The molecule has 0 bridgehead atoms. The number of likely N-dealkylation sites (N-methyl/N-ethyl adjacent to an activating group) is 1. The number of halogens is 1. The van der Waals surface area contributed by atoms with Crippen LogP contribution in [-0.4, -0.2) is 24.5 Å². The summed E-state index contributed by atoms with van der Waals surface area (Å²) in [6.45, 7) is 0. The Hall–Kier alpha value is -1.22. The maximum atomic E-state index is 12.7. The first-order valence-corrected chi connectivity index (χ1v) is 4.12. The van der Waals surface area contributed by atoms with Crippen LogP contribution in [0.2, 0.25) is 0 Å². The number of carbonyl (C=O) groups is 1. The third kappa shape index (κ3) is 2.95. The SMILES string of the molecule is CN(F)[C@H](C=O)Cc1ccccc1.